The van der Waals surface area contributed by atoms with Crippen LogP contribution in [0.1, 0.15) is 35.7 Å². The van der Waals surface area contributed by atoms with Gasteiger partial charge in [0.05, 0.1) is 6.10 Å². The number of benzene rings is 1. The summed E-state index contributed by atoms with van der Waals surface area (Å²) in [6.45, 7) is 5.29. The van der Waals surface area contributed by atoms with Crippen LogP contribution >= 0.6 is 24.0 Å². The first-order chi connectivity index (χ1) is 11.1. The number of halogens is 1. The molecule has 1 heterocycles. The highest BCUT2D eigenvalue weighted by atomic mass is 127. The molecule has 1 fully saturated rings. The fourth-order valence-electron chi connectivity index (χ4n) is 2.82. The predicted octanol–water partition coefficient (Wildman–Crippen LogP) is 1.98. The van der Waals surface area contributed by atoms with Gasteiger partial charge in [-0.1, -0.05) is 12.1 Å². The average molecular weight is 446 g/mol. The lowest BCUT2D eigenvalue weighted by atomic mass is 10.1. The number of amides is 1. The standard InChI is InChI=1S/C17H26N4O2.HI/c1-3-23-15-7-9-21(10-8-15)17(19-2)20-12-13-5-4-6-14(11-13)16(18)22;/h4-6,11,15H,3,7-10,12H2,1-2H3,(H2,18,22)(H,19,20);1H. The van der Waals surface area contributed by atoms with Crippen molar-refractivity contribution in [1.82, 2.24) is 10.2 Å². The Morgan fingerprint density at radius 1 is 1.42 bits per heavy atom. The first-order valence-corrected chi connectivity index (χ1v) is 8.10. The molecule has 0 atom stereocenters. The maximum absolute atomic E-state index is 11.2. The predicted molar refractivity (Wildman–Crippen MR) is 107 cm³/mol. The largest absolute Gasteiger partial charge is 0.378 e. The summed E-state index contributed by atoms with van der Waals surface area (Å²) < 4.78 is 5.68. The third kappa shape index (κ3) is 5.94. The van der Waals surface area contributed by atoms with Gasteiger partial charge in [-0.25, -0.2) is 0 Å². The maximum Gasteiger partial charge on any atom is 0.248 e. The molecule has 1 aromatic carbocycles. The average Bonchev–Trinajstić information content (AvgIpc) is 2.57. The number of nitrogens with one attached hydrogen (secondary N) is 1. The second-order valence-corrected chi connectivity index (χ2v) is 5.61. The summed E-state index contributed by atoms with van der Waals surface area (Å²) in [5, 5.41) is 3.35. The molecule has 1 aliphatic rings. The zero-order chi connectivity index (χ0) is 16.7. The molecule has 0 aliphatic carbocycles. The van der Waals surface area contributed by atoms with E-state index in [4.69, 9.17) is 10.5 Å². The smallest absolute Gasteiger partial charge is 0.248 e. The molecule has 7 heteroatoms. The summed E-state index contributed by atoms with van der Waals surface area (Å²) in [4.78, 5) is 17.8. The Morgan fingerprint density at radius 2 is 2.12 bits per heavy atom. The molecule has 0 bridgehead atoms. The van der Waals surface area contributed by atoms with Gasteiger partial charge in [0, 0.05) is 38.9 Å². The highest BCUT2D eigenvalue weighted by Crippen LogP contribution is 2.14. The minimum absolute atomic E-state index is 0. The number of aliphatic imine (C=N–C) groups is 1. The van der Waals surface area contributed by atoms with E-state index in [-0.39, 0.29) is 24.0 Å². The molecule has 24 heavy (non-hydrogen) atoms. The number of primary amides is 1. The molecule has 0 saturated carbocycles. The van der Waals surface area contributed by atoms with Crippen molar-refractivity contribution in [3.8, 4) is 0 Å². The van der Waals surface area contributed by atoms with Crippen molar-refractivity contribution in [2.45, 2.75) is 32.4 Å². The van der Waals surface area contributed by atoms with Crippen LogP contribution in [0.15, 0.2) is 29.3 Å². The highest BCUT2D eigenvalue weighted by molar-refractivity contribution is 14.0. The molecule has 1 amide bonds. The lowest BCUT2D eigenvalue weighted by Gasteiger charge is -2.34. The van der Waals surface area contributed by atoms with Crippen LogP contribution < -0.4 is 11.1 Å². The lowest BCUT2D eigenvalue weighted by molar-refractivity contribution is 0.0263. The van der Waals surface area contributed by atoms with Crippen LogP contribution in [-0.2, 0) is 11.3 Å². The van der Waals surface area contributed by atoms with E-state index in [9.17, 15) is 4.79 Å². The highest BCUT2D eigenvalue weighted by Gasteiger charge is 2.21. The third-order valence-corrected chi connectivity index (χ3v) is 4.02. The van der Waals surface area contributed by atoms with Gasteiger partial charge in [-0.15, -0.1) is 24.0 Å². The minimum atomic E-state index is -0.408. The summed E-state index contributed by atoms with van der Waals surface area (Å²) >= 11 is 0. The van der Waals surface area contributed by atoms with E-state index in [0.29, 0.717) is 18.2 Å². The zero-order valence-electron chi connectivity index (χ0n) is 14.3. The fourth-order valence-corrected chi connectivity index (χ4v) is 2.82. The molecule has 0 spiro atoms. The summed E-state index contributed by atoms with van der Waals surface area (Å²) in [5.74, 6) is 0.471. The van der Waals surface area contributed by atoms with E-state index in [1.165, 1.54) is 0 Å². The SMILES string of the molecule is CCOC1CCN(C(=NC)NCc2cccc(C(N)=O)c2)CC1.I. The number of nitrogens with two attached hydrogens (primary N) is 1. The number of carbonyl (C=O) groups is 1. The monoisotopic (exact) mass is 446 g/mol. The van der Waals surface area contributed by atoms with Crippen molar-refractivity contribution >= 4 is 35.8 Å². The molecule has 2 rings (SSSR count). The number of hydrogen-bond acceptors (Lipinski definition) is 3. The molecular formula is C17H27IN4O2. The van der Waals surface area contributed by atoms with Crippen LogP contribution in [0.3, 0.4) is 0 Å². The van der Waals surface area contributed by atoms with E-state index >= 15 is 0 Å². The number of hydrogen-bond donors (Lipinski definition) is 2. The first-order valence-electron chi connectivity index (χ1n) is 8.10. The second-order valence-electron chi connectivity index (χ2n) is 5.61. The van der Waals surface area contributed by atoms with Crippen molar-refractivity contribution in [3.63, 3.8) is 0 Å². The van der Waals surface area contributed by atoms with E-state index < -0.39 is 5.91 Å². The van der Waals surface area contributed by atoms with Gasteiger partial charge in [0.2, 0.25) is 5.91 Å². The Balaban J connectivity index is 0.00000288. The van der Waals surface area contributed by atoms with Crippen LogP contribution in [0.2, 0.25) is 0 Å². The van der Waals surface area contributed by atoms with Gasteiger partial charge in [-0.3, -0.25) is 9.79 Å². The van der Waals surface area contributed by atoms with Gasteiger partial charge < -0.3 is 20.7 Å². The van der Waals surface area contributed by atoms with Crippen molar-refractivity contribution in [2.75, 3.05) is 26.7 Å². The number of carbonyl (C=O) groups excluding carboxylic acids is 1. The molecule has 0 unspecified atom stereocenters. The molecule has 0 aromatic heterocycles. The van der Waals surface area contributed by atoms with Gasteiger partial charge in [-0.05, 0) is 37.5 Å². The minimum Gasteiger partial charge on any atom is -0.378 e. The molecule has 1 saturated heterocycles. The van der Waals surface area contributed by atoms with Crippen molar-refractivity contribution in [2.24, 2.45) is 10.7 Å². The number of nitrogens with zero attached hydrogens (tertiary/aromatic N) is 2. The van der Waals surface area contributed by atoms with Crippen LogP contribution in [0, 0.1) is 0 Å². The molecule has 3 N–H and O–H groups in total. The summed E-state index contributed by atoms with van der Waals surface area (Å²) in [6.07, 6.45) is 2.40. The summed E-state index contributed by atoms with van der Waals surface area (Å²) in [5.41, 5.74) is 6.85. The van der Waals surface area contributed by atoms with Gasteiger partial charge in [0.25, 0.3) is 0 Å². The normalized spacial score (nSPS) is 15.8. The van der Waals surface area contributed by atoms with Crippen LogP contribution in [0.5, 0.6) is 0 Å². The van der Waals surface area contributed by atoms with Crippen LogP contribution in [0.25, 0.3) is 0 Å². The van der Waals surface area contributed by atoms with Gasteiger partial charge >= 0.3 is 0 Å². The molecule has 6 nitrogen and oxygen atoms in total. The Kier molecular flexibility index (Phi) is 9.05. The van der Waals surface area contributed by atoms with E-state index in [2.05, 4.69) is 15.2 Å². The Bertz CT molecular complexity index is 557. The maximum atomic E-state index is 11.2. The quantitative estimate of drug-likeness (QED) is 0.412. The van der Waals surface area contributed by atoms with Crippen LogP contribution in [0.4, 0.5) is 0 Å². The molecular weight excluding hydrogens is 419 g/mol. The summed E-state index contributed by atoms with van der Waals surface area (Å²) in [7, 11) is 1.79. The van der Waals surface area contributed by atoms with Gasteiger partial charge in [0.15, 0.2) is 5.96 Å². The van der Waals surface area contributed by atoms with Crippen molar-refractivity contribution in [1.29, 1.82) is 0 Å². The number of guanidine groups is 1. The Morgan fingerprint density at radius 3 is 2.71 bits per heavy atom. The molecule has 1 aliphatic heterocycles. The molecule has 134 valence electrons. The topological polar surface area (TPSA) is 79.9 Å². The Hall–Kier alpha value is -1.35. The number of likely N-dealkylation sites (tertiary alicyclic amines) is 1. The number of ether oxygens (including phenoxy) is 1. The molecule has 1 aromatic rings. The van der Waals surface area contributed by atoms with E-state index in [1.807, 2.05) is 25.1 Å². The fraction of sp³-hybridized carbons (Fsp3) is 0.529. The van der Waals surface area contributed by atoms with E-state index in [0.717, 1.165) is 44.1 Å². The van der Waals surface area contributed by atoms with Gasteiger partial charge in [-0.2, -0.15) is 0 Å². The Labute approximate surface area is 160 Å². The van der Waals surface area contributed by atoms with Crippen molar-refractivity contribution in [3.05, 3.63) is 35.4 Å². The number of piperidine rings is 1. The van der Waals surface area contributed by atoms with Gasteiger partial charge in [0.1, 0.15) is 0 Å². The second kappa shape index (κ2) is 10.5. The lowest BCUT2D eigenvalue weighted by Crippen LogP contribution is -2.46. The zero-order valence-corrected chi connectivity index (χ0v) is 16.7. The van der Waals surface area contributed by atoms with Crippen molar-refractivity contribution < 1.29 is 9.53 Å². The molecule has 0 radical (unpaired) electrons. The van der Waals surface area contributed by atoms with Crippen LogP contribution in [-0.4, -0.2) is 49.6 Å². The number of rotatable bonds is 5. The first kappa shape index (κ1) is 20.7. The van der Waals surface area contributed by atoms with E-state index in [1.54, 1.807) is 13.1 Å². The summed E-state index contributed by atoms with van der Waals surface area (Å²) in [6, 6.07) is 7.34. The third-order valence-electron chi connectivity index (χ3n) is 4.02.